The van der Waals surface area contributed by atoms with Crippen molar-refractivity contribution in [3.63, 3.8) is 0 Å². The third-order valence-corrected chi connectivity index (χ3v) is 15.7. The lowest BCUT2D eigenvalue weighted by Gasteiger charge is -2.20. The largest absolute Gasteiger partial charge is 0.466 e. The fraction of sp³-hybridized carbons (Fsp3) is 0.912. The van der Waals surface area contributed by atoms with Crippen molar-refractivity contribution in [1.29, 1.82) is 0 Å². The van der Waals surface area contributed by atoms with Gasteiger partial charge in [-0.15, -0.1) is 0 Å². The molecule has 0 aromatic heterocycles. The standard InChI is InChI=1S/C68H131NO5/c1-3-5-7-9-11-13-15-17-19-20-21-22-23-24-27-30-33-36-40-44-48-52-56-60-66(71)65(64-70)69-67(72)61-57-53-49-45-41-37-34-31-28-25-26-29-32-35-39-43-47-51-55-59-63-74-68(73)62-58-54-50-46-42-38-18-16-14-12-10-8-6-4-2/h25,28,56,60,65-66,70-71H,3-24,26-27,29-55,57-59,61-64H2,1-2H3,(H,69,72)/b28-25-,60-56+. The molecule has 0 aromatic carbocycles. The zero-order valence-corrected chi connectivity index (χ0v) is 50.1. The number of unbranched alkanes of at least 4 members (excludes halogenated alkanes) is 50. The number of rotatable bonds is 63. The van der Waals surface area contributed by atoms with Crippen molar-refractivity contribution >= 4 is 11.9 Å². The summed E-state index contributed by atoms with van der Waals surface area (Å²) >= 11 is 0. The van der Waals surface area contributed by atoms with Gasteiger partial charge in [-0.25, -0.2) is 0 Å². The molecule has 0 aliphatic carbocycles. The number of amides is 1. The lowest BCUT2D eigenvalue weighted by atomic mass is 10.0. The SMILES string of the molecule is CCCCCCCCCCCCCCCCCCCCCCC/C=C/C(O)C(CO)NC(=O)CCCCCCCCC/C=C\CCCCCCCCCCCOC(=O)CCCCCCCCCCCCCCCC. The summed E-state index contributed by atoms with van der Waals surface area (Å²) in [6.07, 6.45) is 79.5. The molecule has 74 heavy (non-hydrogen) atoms. The van der Waals surface area contributed by atoms with Crippen molar-refractivity contribution in [2.45, 2.75) is 386 Å². The van der Waals surface area contributed by atoms with Crippen LogP contribution >= 0.6 is 0 Å². The molecule has 2 atom stereocenters. The molecule has 0 aromatic rings. The van der Waals surface area contributed by atoms with Crippen LogP contribution in [0.25, 0.3) is 0 Å². The number of carbonyl (C=O) groups excluding carboxylic acids is 2. The maximum Gasteiger partial charge on any atom is 0.305 e. The molecule has 0 rings (SSSR count). The van der Waals surface area contributed by atoms with Gasteiger partial charge in [0.2, 0.25) is 5.91 Å². The quantitative estimate of drug-likeness (QED) is 0.0320. The van der Waals surface area contributed by atoms with E-state index in [9.17, 15) is 19.8 Å². The van der Waals surface area contributed by atoms with Gasteiger partial charge < -0.3 is 20.3 Å². The third-order valence-electron chi connectivity index (χ3n) is 15.7. The van der Waals surface area contributed by atoms with E-state index in [0.717, 1.165) is 44.9 Å². The van der Waals surface area contributed by atoms with Gasteiger partial charge in [0.05, 0.1) is 25.4 Å². The number of allylic oxidation sites excluding steroid dienone is 3. The van der Waals surface area contributed by atoms with Crippen molar-refractivity contribution in [3.05, 3.63) is 24.3 Å². The molecule has 6 heteroatoms. The van der Waals surface area contributed by atoms with Gasteiger partial charge in [0.25, 0.3) is 0 Å². The normalized spacial score (nSPS) is 12.6. The van der Waals surface area contributed by atoms with Crippen molar-refractivity contribution in [2.75, 3.05) is 13.2 Å². The lowest BCUT2D eigenvalue weighted by molar-refractivity contribution is -0.143. The molecule has 0 bridgehead atoms. The highest BCUT2D eigenvalue weighted by Crippen LogP contribution is 2.18. The summed E-state index contributed by atoms with van der Waals surface area (Å²) in [5.41, 5.74) is 0. The zero-order chi connectivity index (χ0) is 53.6. The molecule has 0 aliphatic heterocycles. The Morgan fingerprint density at radius 3 is 0.959 bits per heavy atom. The second kappa shape index (κ2) is 63.9. The fourth-order valence-corrected chi connectivity index (χ4v) is 10.6. The average Bonchev–Trinajstić information content (AvgIpc) is 3.40. The molecule has 6 nitrogen and oxygen atoms in total. The van der Waals surface area contributed by atoms with E-state index in [1.54, 1.807) is 6.08 Å². The predicted molar refractivity (Wildman–Crippen MR) is 324 cm³/mol. The Morgan fingerprint density at radius 2 is 0.635 bits per heavy atom. The minimum Gasteiger partial charge on any atom is -0.466 e. The lowest BCUT2D eigenvalue weighted by Crippen LogP contribution is -2.45. The summed E-state index contributed by atoms with van der Waals surface area (Å²) in [7, 11) is 0. The summed E-state index contributed by atoms with van der Waals surface area (Å²) in [5, 5.41) is 23.2. The Kier molecular flexibility index (Phi) is 62.4. The molecule has 2 unspecified atom stereocenters. The Bertz CT molecular complexity index is 1150. The summed E-state index contributed by atoms with van der Waals surface area (Å²) < 4.78 is 5.48. The van der Waals surface area contributed by atoms with Crippen molar-refractivity contribution < 1.29 is 24.5 Å². The van der Waals surface area contributed by atoms with Crippen LogP contribution in [0.4, 0.5) is 0 Å². The maximum atomic E-state index is 12.5. The zero-order valence-electron chi connectivity index (χ0n) is 50.1. The van der Waals surface area contributed by atoms with Crippen molar-refractivity contribution in [3.8, 4) is 0 Å². The van der Waals surface area contributed by atoms with E-state index in [-0.39, 0.29) is 18.5 Å². The topological polar surface area (TPSA) is 95.9 Å². The number of esters is 1. The van der Waals surface area contributed by atoms with Crippen LogP contribution < -0.4 is 5.32 Å². The molecule has 3 N–H and O–H groups in total. The first-order chi connectivity index (χ1) is 36.5. The van der Waals surface area contributed by atoms with E-state index in [2.05, 4.69) is 31.3 Å². The molecule has 0 spiro atoms. The van der Waals surface area contributed by atoms with Crippen LogP contribution in [0.1, 0.15) is 373 Å². The van der Waals surface area contributed by atoms with E-state index in [1.807, 2.05) is 6.08 Å². The first kappa shape index (κ1) is 72.3. The number of ether oxygens (including phenoxy) is 1. The summed E-state index contributed by atoms with van der Waals surface area (Å²) in [5.74, 6) is -0.0641. The van der Waals surface area contributed by atoms with Gasteiger partial charge in [-0.3, -0.25) is 9.59 Å². The number of aliphatic hydroxyl groups excluding tert-OH is 2. The molecular formula is C68H131NO5. The number of nitrogens with one attached hydrogen (secondary N) is 1. The summed E-state index contributed by atoms with van der Waals surface area (Å²) in [4.78, 5) is 24.6. The van der Waals surface area contributed by atoms with E-state index in [4.69, 9.17) is 4.74 Å². The van der Waals surface area contributed by atoms with E-state index in [1.165, 1.54) is 302 Å². The average molecular weight is 1040 g/mol. The van der Waals surface area contributed by atoms with Gasteiger partial charge in [0.15, 0.2) is 0 Å². The second-order valence-corrected chi connectivity index (χ2v) is 23.2. The van der Waals surface area contributed by atoms with Crippen molar-refractivity contribution in [1.82, 2.24) is 5.32 Å². The Morgan fingerprint density at radius 1 is 0.365 bits per heavy atom. The minimum absolute atomic E-state index is 0.00856. The Hall–Kier alpha value is -1.66. The molecule has 0 aliphatic rings. The smallest absolute Gasteiger partial charge is 0.305 e. The highest BCUT2D eigenvalue weighted by atomic mass is 16.5. The van der Waals surface area contributed by atoms with Gasteiger partial charge in [-0.2, -0.15) is 0 Å². The second-order valence-electron chi connectivity index (χ2n) is 23.2. The van der Waals surface area contributed by atoms with Gasteiger partial charge in [0.1, 0.15) is 0 Å². The molecule has 0 fully saturated rings. The number of hydrogen-bond acceptors (Lipinski definition) is 5. The van der Waals surface area contributed by atoms with Crippen LogP contribution in [0.15, 0.2) is 24.3 Å². The monoisotopic (exact) mass is 1040 g/mol. The van der Waals surface area contributed by atoms with Crippen LogP contribution in [0.2, 0.25) is 0 Å². The van der Waals surface area contributed by atoms with E-state index < -0.39 is 12.1 Å². The molecule has 438 valence electrons. The first-order valence-electron chi connectivity index (χ1n) is 33.6. The fourth-order valence-electron chi connectivity index (χ4n) is 10.6. The molecule has 0 heterocycles. The Labute approximate surface area is 462 Å². The third kappa shape index (κ3) is 59.6. The van der Waals surface area contributed by atoms with Crippen LogP contribution in [-0.4, -0.2) is 47.4 Å². The number of carbonyl (C=O) groups is 2. The van der Waals surface area contributed by atoms with Crippen LogP contribution in [0.3, 0.4) is 0 Å². The van der Waals surface area contributed by atoms with Gasteiger partial charge >= 0.3 is 5.97 Å². The summed E-state index contributed by atoms with van der Waals surface area (Å²) in [6, 6.07) is -0.635. The number of hydrogen-bond donors (Lipinski definition) is 3. The predicted octanol–water partition coefficient (Wildman–Crippen LogP) is 21.4. The Balaban J connectivity index is 3.45. The first-order valence-corrected chi connectivity index (χ1v) is 33.6. The van der Waals surface area contributed by atoms with Crippen LogP contribution in [-0.2, 0) is 14.3 Å². The molecule has 0 saturated heterocycles. The van der Waals surface area contributed by atoms with Crippen molar-refractivity contribution in [2.24, 2.45) is 0 Å². The van der Waals surface area contributed by atoms with Gasteiger partial charge in [0, 0.05) is 12.8 Å². The van der Waals surface area contributed by atoms with E-state index in [0.29, 0.717) is 19.4 Å². The highest BCUT2D eigenvalue weighted by Gasteiger charge is 2.18. The minimum atomic E-state index is -0.851. The molecule has 1 amide bonds. The van der Waals surface area contributed by atoms with Crippen LogP contribution in [0, 0.1) is 0 Å². The molecule has 0 saturated carbocycles. The number of aliphatic hydroxyl groups is 2. The maximum absolute atomic E-state index is 12.5. The highest BCUT2D eigenvalue weighted by molar-refractivity contribution is 5.76. The van der Waals surface area contributed by atoms with E-state index >= 15 is 0 Å². The summed E-state index contributed by atoms with van der Waals surface area (Å²) in [6.45, 7) is 4.93. The van der Waals surface area contributed by atoms with Gasteiger partial charge in [-0.1, -0.05) is 327 Å². The van der Waals surface area contributed by atoms with Gasteiger partial charge in [-0.05, 0) is 57.8 Å². The van der Waals surface area contributed by atoms with Crippen LogP contribution in [0.5, 0.6) is 0 Å². The molecule has 0 radical (unpaired) electrons. The molecular weight excluding hydrogens is 911 g/mol.